The molecule has 0 bridgehead atoms. The van der Waals surface area contributed by atoms with Crippen molar-refractivity contribution in [2.45, 2.75) is 31.1 Å². The predicted molar refractivity (Wildman–Crippen MR) is 79.6 cm³/mol. The summed E-state index contributed by atoms with van der Waals surface area (Å²) in [4.78, 5) is 37.1. The highest BCUT2D eigenvalue weighted by Gasteiger charge is 2.45. The number of hydrogen-bond donors (Lipinski definition) is 2. The van der Waals surface area contributed by atoms with E-state index in [1.165, 1.54) is 4.90 Å². The lowest BCUT2D eigenvalue weighted by Gasteiger charge is -2.33. The largest absolute Gasteiger partial charge is 0.481 e. The number of hydrogen-bond acceptors (Lipinski definition) is 3. The van der Waals surface area contributed by atoms with Crippen LogP contribution in [0.2, 0.25) is 0 Å². The lowest BCUT2D eigenvalue weighted by atomic mass is 9.77. The van der Waals surface area contributed by atoms with Gasteiger partial charge in [-0.05, 0) is 24.5 Å². The van der Waals surface area contributed by atoms with E-state index in [9.17, 15) is 19.5 Å². The number of rotatable bonds is 3. The number of anilines is 1. The molecule has 1 aliphatic heterocycles. The molecular weight excluding hydrogens is 284 g/mol. The van der Waals surface area contributed by atoms with Gasteiger partial charge in [0.1, 0.15) is 6.54 Å². The highest BCUT2D eigenvalue weighted by Crippen LogP contribution is 2.45. The van der Waals surface area contributed by atoms with Crippen LogP contribution in [0.15, 0.2) is 24.3 Å². The lowest BCUT2D eigenvalue weighted by molar-refractivity contribution is -0.143. The van der Waals surface area contributed by atoms with Gasteiger partial charge in [0.2, 0.25) is 11.8 Å². The number of piperazine rings is 1. The second-order valence-corrected chi connectivity index (χ2v) is 5.87. The minimum Gasteiger partial charge on any atom is -0.481 e. The number of benzene rings is 1. The molecular formula is C16H18N2O4. The van der Waals surface area contributed by atoms with Crippen molar-refractivity contribution in [1.29, 1.82) is 0 Å². The molecule has 6 nitrogen and oxygen atoms in total. The maximum Gasteiger partial charge on any atom is 0.314 e. The Morgan fingerprint density at radius 3 is 2.55 bits per heavy atom. The van der Waals surface area contributed by atoms with Gasteiger partial charge in [-0.3, -0.25) is 14.4 Å². The van der Waals surface area contributed by atoms with E-state index in [2.05, 4.69) is 5.32 Å². The Balaban J connectivity index is 2.08. The standard InChI is InChI=1S/C16H18N2O4/c19-13-10-18(14(20)9-17-13)12-6-2-1-5-11(12)16(15(21)22)7-3-4-8-16/h1-2,5-6H,3-4,7-10H2,(H,17,19)(H,21,22). The molecule has 2 N–H and O–H groups in total. The summed E-state index contributed by atoms with van der Waals surface area (Å²) in [6.07, 6.45) is 2.84. The fraction of sp³-hybridized carbons (Fsp3) is 0.438. The van der Waals surface area contributed by atoms with Crippen LogP contribution < -0.4 is 10.2 Å². The van der Waals surface area contributed by atoms with E-state index in [1.807, 2.05) is 0 Å². The Morgan fingerprint density at radius 2 is 1.86 bits per heavy atom. The Hall–Kier alpha value is -2.37. The summed E-state index contributed by atoms with van der Waals surface area (Å²) in [6, 6.07) is 7.06. The van der Waals surface area contributed by atoms with Gasteiger partial charge < -0.3 is 15.3 Å². The highest BCUT2D eigenvalue weighted by atomic mass is 16.4. The van der Waals surface area contributed by atoms with Crippen LogP contribution in [-0.2, 0) is 19.8 Å². The fourth-order valence-electron chi connectivity index (χ4n) is 3.47. The molecule has 1 heterocycles. The van der Waals surface area contributed by atoms with Crippen LogP contribution in [0.3, 0.4) is 0 Å². The average molecular weight is 302 g/mol. The number of carboxylic acid groups (broad SMARTS) is 1. The van der Waals surface area contributed by atoms with Crippen LogP contribution in [0.25, 0.3) is 0 Å². The fourth-order valence-corrected chi connectivity index (χ4v) is 3.47. The SMILES string of the molecule is O=C1CN(c2ccccc2C2(C(=O)O)CCCC2)C(=O)CN1. The molecule has 3 rings (SSSR count). The van der Waals surface area contributed by atoms with E-state index in [4.69, 9.17) is 0 Å². The first-order valence-electron chi connectivity index (χ1n) is 7.44. The van der Waals surface area contributed by atoms with Gasteiger partial charge >= 0.3 is 5.97 Å². The third-order valence-corrected chi connectivity index (χ3v) is 4.62. The van der Waals surface area contributed by atoms with Gasteiger partial charge in [-0.25, -0.2) is 0 Å². The zero-order valence-corrected chi connectivity index (χ0v) is 12.2. The summed E-state index contributed by atoms with van der Waals surface area (Å²) >= 11 is 0. The van der Waals surface area contributed by atoms with Crippen LogP contribution in [0.1, 0.15) is 31.2 Å². The van der Waals surface area contributed by atoms with E-state index in [-0.39, 0.29) is 24.9 Å². The quantitative estimate of drug-likeness (QED) is 0.873. The Kier molecular flexibility index (Phi) is 3.60. The number of para-hydroxylation sites is 1. The Bertz CT molecular complexity index is 635. The highest BCUT2D eigenvalue weighted by molar-refractivity contribution is 6.05. The first-order chi connectivity index (χ1) is 10.5. The molecule has 0 unspecified atom stereocenters. The summed E-state index contributed by atoms with van der Waals surface area (Å²) in [7, 11) is 0. The summed E-state index contributed by atoms with van der Waals surface area (Å²) in [5.41, 5.74) is 0.236. The zero-order chi connectivity index (χ0) is 15.7. The molecule has 2 aliphatic rings. The van der Waals surface area contributed by atoms with Crippen LogP contribution in [0.5, 0.6) is 0 Å². The molecule has 6 heteroatoms. The van der Waals surface area contributed by atoms with E-state index in [1.54, 1.807) is 24.3 Å². The second kappa shape index (κ2) is 5.44. The Labute approximate surface area is 128 Å². The van der Waals surface area contributed by atoms with Gasteiger partial charge in [0.25, 0.3) is 0 Å². The zero-order valence-electron chi connectivity index (χ0n) is 12.2. The van der Waals surface area contributed by atoms with Crippen molar-refractivity contribution in [2.75, 3.05) is 18.0 Å². The van der Waals surface area contributed by atoms with E-state index >= 15 is 0 Å². The first kappa shape index (κ1) is 14.6. The van der Waals surface area contributed by atoms with Crippen LogP contribution in [-0.4, -0.2) is 36.0 Å². The molecule has 1 saturated carbocycles. The maximum absolute atomic E-state index is 12.1. The molecule has 0 radical (unpaired) electrons. The molecule has 1 saturated heterocycles. The minimum absolute atomic E-state index is 0.0484. The topological polar surface area (TPSA) is 86.7 Å². The number of amides is 2. The predicted octanol–water partition coefficient (Wildman–Crippen LogP) is 1.05. The van der Waals surface area contributed by atoms with Crippen molar-refractivity contribution in [3.8, 4) is 0 Å². The normalized spacial score (nSPS) is 20.8. The number of aliphatic carboxylic acids is 1. The van der Waals surface area contributed by atoms with Gasteiger partial charge in [-0.2, -0.15) is 0 Å². The number of carboxylic acids is 1. The van der Waals surface area contributed by atoms with Gasteiger partial charge in [0.15, 0.2) is 0 Å². The Morgan fingerprint density at radius 1 is 1.18 bits per heavy atom. The summed E-state index contributed by atoms with van der Waals surface area (Å²) in [5, 5.41) is 12.3. The summed E-state index contributed by atoms with van der Waals surface area (Å²) in [6.45, 7) is -0.112. The molecule has 0 atom stereocenters. The minimum atomic E-state index is -0.954. The van der Waals surface area contributed by atoms with Crippen molar-refractivity contribution >= 4 is 23.5 Å². The molecule has 22 heavy (non-hydrogen) atoms. The maximum atomic E-state index is 12.1. The van der Waals surface area contributed by atoms with Crippen molar-refractivity contribution in [3.63, 3.8) is 0 Å². The van der Waals surface area contributed by atoms with Crippen molar-refractivity contribution in [2.24, 2.45) is 0 Å². The monoisotopic (exact) mass is 302 g/mol. The average Bonchev–Trinajstić information content (AvgIpc) is 3.01. The third kappa shape index (κ3) is 2.24. The number of nitrogens with zero attached hydrogens (tertiary/aromatic N) is 1. The van der Waals surface area contributed by atoms with Gasteiger partial charge in [-0.1, -0.05) is 31.0 Å². The van der Waals surface area contributed by atoms with Crippen molar-refractivity contribution in [1.82, 2.24) is 5.32 Å². The van der Waals surface area contributed by atoms with Gasteiger partial charge in [0.05, 0.1) is 12.0 Å². The molecule has 1 aromatic rings. The molecule has 1 aliphatic carbocycles. The van der Waals surface area contributed by atoms with Crippen LogP contribution in [0.4, 0.5) is 5.69 Å². The summed E-state index contributed by atoms with van der Waals surface area (Å²) in [5.74, 6) is -1.30. The molecule has 2 amide bonds. The first-order valence-corrected chi connectivity index (χ1v) is 7.44. The second-order valence-electron chi connectivity index (χ2n) is 5.87. The number of nitrogens with one attached hydrogen (secondary N) is 1. The number of carbonyl (C=O) groups excluding carboxylic acids is 2. The third-order valence-electron chi connectivity index (χ3n) is 4.62. The van der Waals surface area contributed by atoms with E-state index in [0.717, 1.165) is 12.8 Å². The van der Waals surface area contributed by atoms with E-state index in [0.29, 0.717) is 24.1 Å². The lowest BCUT2D eigenvalue weighted by Crippen LogP contribution is -2.52. The molecule has 2 fully saturated rings. The van der Waals surface area contributed by atoms with Gasteiger partial charge in [-0.15, -0.1) is 0 Å². The molecule has 0 spiro atoms. The van der Waals surface area contributed by atoms with Crippen LogP contribution >= 0.6 is 0 Å². The molecule has 1 aromatic carbocycles. The molecule has 116 valence electrons. The summed E-state index contributed by atoms with van der Waals surface area (Å²) < 4.78 is 0. The number of carbonyl (C=O) groups is 3. The smallest absolute Gasteiger partial charge is 0.314 e. The molecule has 0 aromatic heterocycles. The van der Waals surface area contributed by atoms with Crippen LogP contribution in [0, 0.1) is 0 Å². The van der Waals surface area contributed by atoms with Crippen molar-refractivity contribution < 1.29 is 19.5 Å². The van der Waals surface area contributed by atoms with Gasteiger partial charge in [0, 0.05) is 5.69 Å². The van der Waals surface area contributed by atoms with E-state index < -0.39 is 11.4 Å². The van der Waals surface area contributed by atoms with Crippen molar-refractivity contribution in [3.05, 3.63) is 29.8 Å².